The van der Waals surface area contributed by atoms with Crippen molar-refractivity contribution < 1.29 is 4.74 Å². The second-order valence-electron chi connectivity index (χ2n) is 4.46. The minimum absolute atomic E-state index is 0.0693. The van der Waals surface area contributed by atoms with Crippen molar-refractivity contribution in [3.05, 3.63) is 46.5 Å². The smallest absolute Gasteiger partial charge is 0.137 e. The highest BCUT2D eigenvalue weighted by Crippen LogP contribution is 2.39. The Balaban J connectivity index is 1.90. The zero-order chi connectivity index (χ0) is 12.4. The van der Waals surface area contributed by atoms with Crippen LogP contribution in [0.3, 0.4) is 0 Å². The summed E-state index contributed by atoms with van der Waals surface area (Å²) in [5.41, 5.74) is 1.19. The van der Waals surface area contributed by atoms with Gasteiger partial charge in [-0.15, -0.1) is 0 Å². The average Bonchev–Trinajstić information content (AvgIpc) is 2.93. The van der Waals surface area contributed by atoms with E-state index in [4.69, 9.17) is 4.74 Å². The van der Waals surface area contributed by atoms with E-state index in [0.29, 0.717) is 0 Å². The number of rotatable bonds is 2. The van der Waals surface area contributed by atoms with Gasteiger partial charge in [0.1, 0.15) is 12.2 Å². The Morgan fingerprint density at radius 2 is 2.11 bits per heavy atom. The summed E-state index contributed by atoms with van der Waals surface area (Å²) in [6.07, 6.45) is 3.77. The molecule has 0 radical (unpaired) electrons. The molecule has 2 aromatic rings. The lowest BCUT2D eigenvalue weighted by Gasteiger charge is -2.30. The Labute approximate surface area is 114 Å². The average molecular weight is 308 g/mol. The number of ether oxygens (including phenoxy) is 1. The number of hydrogen-bond donors (Lipinski definition) is 1. The number of aromatic amines is 1. The summed E-state index contributed by atoms with van der Waals surface area (Å²) in [6.45, 7) is 0.811. The summed E-state index contributed by atoms with van der Waals surface area (Å²) < 4.78 is 7.02. The molecule has 1 N–H and O–H groups in total. The molecule has 1 aromatic carbocycles. The number of H-pyrrole nitrogens is 1. The van der Waals surface area contributed by atoms with Crippen molar-refractivity contribution in [3.8, 4) is 0 Å². The van der Waals surface area contributed by atoms with Gasteiger partial charge in [-0.3, -0.25) is 5.10 Å². The first-order valence-corrected chi connectivity index (χ1v) is 6.86. The van der Waals surface area contributed by atoms with Crippen LogP contribution in [0.2, 0.25) is 0 Å². The predicted octanol–water partition coefficient (Wildman–Crippen LogP) is 3.20. The van der Waals surface area contributed by atoms with Crippen molar-refractivity contribution in [2.75, 3.05) is 6.61 Å². The third-order valence-corrected chi connectivity index (χ3v) is 3.83. The van der Waals surface area contributed by atoms with Crippen LogP contribution in [-0.2, 0) is 4.74 Å². The van der Waals surface area contributed by atoms with Gasteiger partial charge < -0.3 is 4.74 Å². The van der Waals surface area contributed by atoms with E-state index < -0.39 is 0 Å². The van der Waals surface area contributed by atoms with Gasteiger partial charge in [0.25, 0.3) is 0 Å². The van der Waals surface area contributed by atoms with E-state index in [-0.39, 0.29) is 12.0 Å². The van der Waals surface area contributed by atoms with E-state index in [2.05, 4.69) is 43.2 Å². The van der Waals surface area contributed by atoms with E-state index in [1.54, 1.807) is 6.33 Å². The van der Waals surface area contributed by atoms with Gasteiger partial charge in [-0.1, -0.05) is 28.1 Å². The molecule has 4 nitrogen and oxygen atoms in total. The number of benzene rings is 1. The molecule has 18 heavy (non-hydrogen) atoms. The monoisotopic (exact) mass is 307 g/mol. The van der Waals surface area contributed by atoms with Crippen LogP contribution >= 0.6 is 15.9 Å². The van der Waals surface area contributed by atoms with Crippen molar-refractivity contribution in [1.29, 1.82) is 0 Å². The van der Waals surface area contributed by atoms with Crippen LogP contribution < -0.4 is 0 Å². The van der Waals surface area contributed by atoms with Crippen molar-refractivity contribution >= 4 is 15.9 Å². The number of aromatic nitrogens is 3. The Bertz CT molecular complexity index is 497. The summed E-state index contributed by atoms with van der Waals surface area (Å²) in [5, 5.41) is 6.91. The predicted molar refractivity (Wildman–Crippen MR) is 71.2 cm³/mol. The maximum absolute atomic E-state index is 5.94. The first-order chi connectivity index (χ1) is 8.84. The molecule has 1 aliphatic rings. The SMILES string of the molecule is Brc1ccc(C2OCCCC2c2ncn[nH]2)cc1. The van der Waals surface area contributed by atoms with Crippen LogP contribution in [0.15, 0.2) is 35.1 Å². The second-order valence-corrected chi connectivity index (χ2v) is 5.38. The fraction of sp³-hybridized carbons (Fsp3) is 0.385. The number of halogens is 1. The van der Waals surface area contributed by atoms with E-state index in [1.807, 2.05) is 12.1 Å². The number of nitrogens with one attached hydrogen (secondary N) is 1. The third-order valence-electron chi connectivity index (χ3n) is 3.31. The highest BCUT2D eigenvalue weighted by molar-refractivity contribution is 9.10. The van der Waals surface area contributed by atoms with Crippen molar-refractivity contribution in [2.45, 2.75) is 24.9 Å². The van der Waals surface area contributed by atoms with Gasteiger partial charge in [0.2, 0.25) is 0 Å². The number of hydrogen-bond acceptors (Lipinski definition) is 3. The van der Waals surface area contributed by atoms with Crippen LogP contribution in [-0.4, -0.2) is 21.8 Å². The largest absolute Gasteiger partial charge is 0.373 e. The molecule has 1 fully saturated rings. The minimum Gasteiger partial charge on any atom is -0.373 e. The zero-order valence-electron chi connectivity index (χ0n) is 9.84. The van der Waals surface area contributed by atoms with Gasteiger partial charge in [-0.25, -0.2) is 4.98 Å². The molecule has 2 unspecified atom stereocenters. The molecule has 1 saturated heterocycles. The van der Waals surface area contributed by atoms with Crippen LogP contribution in [0.1, 0.15) is 36.3 Å². The Kier molecular flexibility index (Phi) is 3.43. The maximum Gasteiger partial charge on any atom is 0.137 e. The summed E-state index contributed by atoms with van der Waals surface area (Å²) in [5.74, 6) is 1.19. The van der Waals surface area contributed by atoms with E-state index in [1.165, 1.54) is 5.56 Å². The first-order valence-electron chi connectivity index (χ1n) is 6.07. The molecule has 0 aliphatic carbocycles. The molecule has 5 heteroatoms. The van der Waals surface area contributed by atoms with E-state index in [0.717, 1.165) is 29.7 Å². The quantitative estimate of drug-likeness (QED) is 0.927. The van der Waals surface area contributed by atoms with Crippen molar-refractivity contribution in [1.82, 2.24) is 15.2 Å². The lowest BCUT2D eigenvalue weighted by molar-refractivity contribution is -0.00438. The molecule has 3 rings (SSSR count). The van der Waals surface area contributed by atoms with Gasteiger partial charge in [0.15, 0.2) is 0 Å². The molecule has 0 spiro atoms. The maximum atomic E-state index is 5.94. The first kappa shape index (κ1) is 11.9. The zero-order valence-corrected chi connectivity index (χ0v) is 11.4. The summed E-state index contributed by atoms with van der Waals surface area (Å²) in [6, 6.07) is 8.29. The summed E-state index contributed by atoms with van der Waals surface area (Å²) >= 11 is 3.45. The second kappa shape index (κ2) is 5.20. The molecule has 1 aliphatic heterocycles. The normalized spacial score (nSPS) is 24.1. The molecule has 94 valence electrons. The summed E-state index contributed by atoms with van der Waals surface area (Å²) in [7, 11) is 0. The Morgan fingerprint density at radius 1 is 1.28 bits per heavy atom. The molecule has 1 aromatic heterocycles. The van der Waals surface area contributed by atoms with Gasteiger partial charge in [0, 0.05) is 17.0 Å². The van der Waals surface area contributed by atoms with Crippen LogP contribution in [0.5, 0.6) is 0 Å². The highest BCUT2D eigenvalue weighted by Gasteiger charge is 2.30. The lowest BCUT2D eigenvalue weighted by atomic mass is 9.89. The molecule has 2 atom stereocenters. The van der Waals surface area contributed by atoms with Gasteiger partial charge >= 0.3 is 0 Å². The van der Waals surface area contributed by atoms with Crippen molar-refractivity contribution in [3.63, 3.8) is 0 Å². The Morgan fingerprint density at radius 3 is 2.83 bits per heavy atom. The molecule has 2 heterocycles. The molecular formula is C13H14BrN3O. The summed E-state index contributed by atoms with van der Waals surface area (Å²) in [4.78, 5) is 4.28. The van der Waals surface area contributed by atoms with Crippen LogP contribution in [0, 0.1) is 0 Å². The standard InChI is InChI=1S/C13H14BrN3O/c14-10-5-3-9(4-6-10)12-11(2-1-7-18-12)13-15-8-16-17-13/h3-6,8,11-12H,1-2,7H2,(H,15,16,17). The number of nitrogens with zero attached hydrogens (tertiary/aromatic N) is 2. The third kappa shape index (κ3) is 2.33. The van der Waals surface area contributed by atoms with Crippen LogP contribution in [0.25, 0.3) is 0 Å². The molecule has 0 saturated carbocycles. The van der Waals surface area contributed by atoms with Gasteiger partial charge in [-0.05, 0) is 30.5 Å². The van der Waals surface area contributed by atoms with Gasteiger partial charge in [0.05, 0.1) is 6.10 Å². The molecule has 0 amide bonds. The van der Waals surface area contributed by atoms with E-state index >= 15 is 0 Å². The van der Waals surface area contributed by atoms with Gasteiger partial charge in [-0.2, -0.15) is 5.10 Å². The fourth-order valence-corrected chi connectivity index (χ4v) is 2.70. The topological polar surface area (TPSA) is 50.8 Å². The minimum atomic E-state index is 0.0693. The van der Waals surface area contributed by atoms with E-state index in [9.17, 15) is 0 Å². The van der Waals surface area contributed by atoms with Crippen molar-refractivity contribution in [2.24, 2.45) is 0 Å². The lowest BCUT2D eigenvalue weighted by Crippen LogP contribution is -2.22. The molecular weight excluding hydrogens is 294 g/mol. The molecule has 0 bridgehead atoms. The highest BCUT2D eigenvalue weighted by atomic mass is 79.9. The van der Waals surface area contributed by atoms with Crippen LogP contribution in [0.4, 0.5) is 0 Å². The Hall–Kier alpha value is -1.20. The fourth-order valence-electron chi connectivity index (χ4n) is 2.44.